The fourth-order valence-corrected chi connectivity index (χ4v) is 2.44. The highest BCUT2D eigenvalue weighted by atomic mass is 16.5. The predicted octanol–water partition coefficient (Wildman–Crippen LogP) is 3.64. The molecular weight excluding hydrogens is 318 g/mol. The first-order chi connectivity index (χ1) is 12.2. The highest BCUT2D eigenvalue weighted by Crippen LogP contribution is 2.20. The second-order valence-corrected chi connectivity index (χ2v) is 5.42. The maximum absolute atomic E-state index is 12.0. The molecule has 3 aromatic carbocycles. The summed E-state index contributed by atoms with van der Waals surface area (Å²) < 4.78 is 10.2. The topological polar surface area (TPSA) is 64.6 Å². The third-order valence-electron chi connectivity index (χ3n) is 3.66. The van der Waals surface area contributed by atoms with Crippen molar-refractivity contribution in [2.45, 2.75) is 0 Å². The van der Waals surface area contributed by atoms with Gasteiger partial charge in [0.2, 0.25) is 0 Å². The summed E-state index contributed by atoms with van der Waals surface area (Å²) in [5.41, 5.74) is 0.880. The molecule has 0 aliphatic carbocycles. The fraction of sp³-hybridized carbons (Fsp3) is 0.100. The summed E-state index contributed by atoms with van der Waals surface area (Å²) in [6, 6.07) is 20.1. The van der Waals surface area contributed by atoms with Gasteiger partial charge in [-0.3, -0.25) is 4.79 Å². The number of amides is 1. The van der Waals surface area contributed by atoms with Gasteiger partial charge in [-0.15, -0.1) is 0 Å². The van der Waals surface area contributed by atoms with Gasteiger partial charge in [-0.25, -0.2) is 4.79 Å². The highest BCUT2D eigenvalue weighted by molar-refractivity contribution is 5.95. The van der Waals surface area contributed by atoms with E-state index in [2.05, 4.69) is 10.1 Å². The first-order valence-electron chi connectivity index (χ1n) is 7.75. The van der Waals surface area contributed by atoms with Gasteiger partial charge in [-0.1, -0.05) is 36.4 Å². The van der Waals surface area contributed by atoms with Crippen molar-refractivity contribution in [1.29, 1.82) is 0 Å². The van der Waals surface area contributed by atoms with Crippen LogP contribution in [-0.4, -0.2) is 25.6 Å². The standard InChI is InChI=1S/C20H17NO4/c1-24-20(23)16-7-4-8-17(11-16)21-19(22)13-25-18-10-9-14-5-2-3-6-15(14)12-18/h2-12H,13H2,1H3,(H,21,22). The van der Waals surface area contributed by atoms with Crippen molar-refractivity contribution in [3.63, 3.8) is 0 Å². The van der Waals surface area contributed by atoms with Crippen LogP contribution in [0.25, 0.3) is 10.8 Å². The van der Waals surface area contributed by atoms with Crippen LogP contribution in [0.1, 0.15) is 10.4 Å². The molecule has 0 atom stereocenters. The molecule has 0 unspecified atom stereocenters. The molecule has 0 radical (unpaired) electrons. The molecule has 5 nitrogen and oxygen atoms in total. The number of carbonyl (C=O) groups excluding carboxylic acids is 2. The molecule has 0 heterocycles. The molecule has 0 spiro atoms. The smallest absolute Gasteiger partial charge is 0.337 e. The Hall–Kier alpha value is -3.34. The highest BCUT2D eigenvalue weighted by Gasteiger charge is 2.08. The fourth-order valence-electron chi connectivity index (χ4n) is 2.44. The summed E-state index contributed by atoms with van der Waals surface area (Å²) in [5.74, 6) is -0.143. The summed E-state index contributed by atoms with van der Waals surface area (Å²) in [5, 5.41) is 4.85. The quantitative estimate of drug-likeness (QED) is 0.723. The number of fused-ring (bicyclic) bond motifs is 1. The molecule has 0 aliphatic rings. The lowest BCUT2D eigenvalue weighted by atomic mass is 10.1. The van der Waals surface area contributed by atoms with Gasteiger partial charge in [0.15, 0.2) is 6.61 Å². The van der Waals surface area contributed by atoms with Gasteiger partial charge in [-0.2, -0.15) is 0 Å². The number of ether oxygens (including phenoxy) is 2. The molecule has 3 rings (SSSR count). The van der Waals surface area contributed by atoms with Crippen molar-refractivity contribution < 1.29 is 19.1 Å². The van der Waals surface area contributed by atoms with Gasteiger partial charge >= 0.3 is 5.97 Å². The number of benzene rings is 3. The molecule has 5 heteroatoms. The SMILES string of the molecule is COC(=O)c1cccc(NC(=O)COc2ccc3ccccc3c2)c1. The lowest BCUT2D eigenvalue weighted by Gasteiger charge is -2.09. The molecule has 1 amide bonds. The average Bonchev–Trinajstić information content (AvgIpc) is 2.65. The van der Waals surface area contributed by atoms with Crippen LogP contribution < -0.4 is 10.1 Å². The van der Waals surface area contributed by atoms with Gasteiger partial charge < -0.3 is 14.8 Å². The van der Waals surface area contributed by atoms with Crippen LogP contribution in [0.4, 0.5) is 5.69 Å². The Morgan fingerprint density at radius 1 is 0.920 bits per heavy atom. The van der Waals surface area contributed by atoms with Gasteiger partial charge in [0.05, 0.1) is 12.7 Å². The molecule has 0 aromatic heterocycles. The van der Waals surface area contributed by atoms with E-state index in [0.717, 1.165) is 10.8 Å². The van der Waals surface area contributed by atoms with Crippen LogP contribution in [0.5, 0.6) is 5.75 Å². The molecule has 0 fully saturated rings. The summed E-state index contributed by atoms with van der Waals surface area (Å²) in [6.45, 7) is -0.124. The molecule has 3 aromatic rings. The van der Waals surface area contributed by atoms with Crippen molar-refractivity contribution in [2.75, 3.05) is 19.0 Å². The monoisotopic (exact) mass is 335 g/mol. The third kappa shape index (κ3) is 4.14. The molecule has 0 saturated heterocycles. The lowest BCUT2D eigenvalue weighted by Crippen LogP contribution is -2.20. The molecule has 0 aliphatic heterocycles. The zero-order valence-electron chi connectivity index (χ0n) is 13.7. The van der Waals surface area contributed by atoms with E-state index in [1.165, 1.54) is 7.11 Å². The number of hydrogen-bond acceptors (Lipinski definition) is 4. The van der Waals surface area contributed by atoms with E-state index in [0.29, 0.717) is 17.0 Å². The molecule has 25 heavy (non-hydrogen) atoms. The van der Waals surface area contributed by atoms with Crippen LogP contribution in [0.15, 0.2) is 66.7 Å². The number of nitrogens with one attached hydrogen (secondary N) is 1. The Morgan fingerprint density at radius 2 is 1.72 bits per heavy atom. The summed E-state index contributed by atoms with van der Waals surface area (Å²) in [6.07, 6.45) is 0. The molecule has 0 bridgehead atoms. The number of anilines is 1. The van der Waals surface area contributed by atoms with Crippen molar-refractivity contribution in [3.8, 4) is 5.75 Å². The predicted molar refractivity (Wildman–Crippen MR) is 95.9 cm³/mol. The number of methoxy groups -OCH3 is 1. The van der Waals surface area contributed by atoms with E-state index in [1.807, 2.05) is 42.5 Å². The van der Waals surface area contributed by atoms with Crippen LogP contribution >= 0.6 is 0 Å². The normalized spacial score (nSPS) is 10.3. The molecule has 126 valence electrons. The minimum atomic E-state index is -0.455. The Labute approximate surface area is 145 Å². The largest absolute Gasteiger partial charge is 0.484 e. The second-order valence-electron chi connectivity index (χ2n) is 5.42. The Kier molecular flexibility index (Phi) is 4.95. The zero-order valence-corrected chi connectivity index (χ0v) is 13.7. The zero-order chi connectivity index (χ0) is 17.6. The minimum absolute atomic E-state index is 0.124. The Bertz CT molecular complexity index is 920. The van der Waals surface area contributed by atoms with Gasteiger partial charge in [-0.05, 0) is 41.1 Å². The van der Waals surface area contributed by atoms with E-state index >= 15 is 0 Å². The van der Waals surface area contributed by atoms with E-state index in [-0.39, 0.29) is 12.5 Å². The number of esters is 1. The Balaban J connectivity index is 1.61. The van der Waals surface area contributed by atoms with Gasteiger partial charge in [0.1, 0.15) is 5.75 Å². The van der Waals surface area contributed by atoms with E-state index in [1.54, 1.807) is 24.3 Å². The van der Waals surface area contributed by atoms with Crippen molar-refractivity contribution in [3.05, 3.63) is 72.3 Å². The first-order valence-corrected chi connectivity index (χ1v) is 7.75. The van der Waals surface area contributed by atoms with Crippen molar-refractivity contribution in [1.82, 2.24) is 0 Å². The van der Waals surface area contributed by atoms with Crippen molar-refractivity contribution >= 4 is 28.3 Å². The Morgan fingerprint density at radius 3 is 2.52 bits per heavy atom. The average molecular weight is 335 g/mol. The van der Waals surface area contributed by atoms with Gasteiger partial charge in [0, 0.05) is 5.69 Å². The first kappa shape index (κ1) is 16.5. The van der Waals surface area contributed by atoms with E-state index in [4.69, 9.17) is 4.74 Å². The van der Waals surface area contributed by atoms with Crippen LogP contribution in [0, 0.1) is 0 Å². The number of hydrogen-bond donors (Lipinski definition) is 1. The number of carbonyl (C=O) groups is 2. The molecular formula is C20H17NO4. The summed E-state index contributed by atoms with van der Waals surface area (Å²) in [4.78, 5) is 23.6. The summed E-state index contributed by atoms with van der Waals surface area (Å²) >= 11 is 0. The molecule has 1 N–H and O–H groups in total. The van der Waals surface area contributed by atoms with Crippen LogP contribution in [0.2, 0.25) is 0 Å². The lowest BCUT2D eigenvalue weighted by molar-refractivity contribution is -0.118. The van der Waals surface area contributed by atoms with Crippen molar-refractivity contribution in [2.24, 2.45) is 0 Å². The third-order valence-corrected chi connectivity index (χ3v) is 3.66. The van der Waals surface area contributed by atoms with E-state index in [9.17, 15) is 9.59 Å². The van der Waals surface area contributed by atoms with Gasteiger partial charge in [0.25, 0.3) is 5.91 Å². The summed E-state index contributed by atoms with van der Waals surface area (Å²) in [7, 11) is 1.31. The maximum atomic E-state index is 12.0. The number of rotatable bonds is 5. The molecule has 0 saturated carbocycles. The van der Waals surface area contributed by atoms with Crippen LogP contribution in [0.3, 0.4) is 0 Å². The maximum Gasteiger partial charge on any atom is 0.337 e. The van der Waals surface area contributed by atoms with Crippen LogP contribution in [-0.2, 0) is 9.53 Å². The second kappa shape index (κ2) is 7.49. The van der Waals surface area contributed by atoms with E-state index < -0.39 is 5.97 Å². The minimum Gasteiger partial charge on any atom is -0.484 e.